The van der Waals surface area contributed by atoms with Crippen LogP contribution in [-0.2, 0) is 51.9 Å². The summed E-state index contributed by atoms with van der Waals surface area (Å²) >= 11 is 5.20. The zero-order valence-electron chi connectivity index (χ0n) is 23.0. The first-order valence-corrected chi connectivity index (χ1v) is 17.3. The van der Waals surface area contributed by atoms with Crippen molar-refractivity contribution in [2.24, 2.45) is 7.05 Å². The van der Waals surface area contributed by atoms with Gasteiger partial charge in [-0.25, -0.2) is 18.1 Å². The number of hydrogen-bond donors (Lipinski definition) is 5. The van der Waals surface area contributed by atoms with Crippen LogP contribution in [0.25, 0.3) is 22.3 Å². The highest BCUT2D eigenvalue weighted by atomic mass is 32.5. The van der Waals surface area contributed by atoms with Crippen molar-refractivity contribution in [3.63, 3.8) is 0 Å². The van der Waals surface area contributed by atoms with Gasteiger partial charge in [-0.2, -0.15) is 23.1 Å². The van der Waals surface area contributed by atoms with E-state index in [0.29, 0.717) is 5.52 Å². The Kier molecular flexibility index (Phi) is 7.39. The van der Waals surface area contributed by atoms with Crippen LogP contribution >= 0.6 is 6.72 Å². The molecule has 7 N–H and O–H groups in total. The number of aromatic amines is 1. The first kappa shape index (κ1) is 30.4. The van der Waals surface area contributed by atoms with Crippen molar-refractivity contribution in [2.75, 3.05) is 24.6 Å². The number of nitrogen functional groups attached to an aromatic ring is 2. The molecule has 242 valence electrons. The van der Waals surface area contributed by atoms with Crippen LogP contribution in [0.3, 0.4) is 0 Å². The van der Waals surface area contributed by atoms with Crippen LogP contribution in [0.5, 0.6) is 0 Å². The molecule has 8 atom stereocenters. The Bertz CT molecular complexity index is 2030. The molecule has 2 bridgehead atoms. The number of aryl methyl sites for hydroxylation is 1. The summed E-state index contributed by atoms with van der Waals surface area (Å²) in [6.45, 7) is -5.10. The van der Waals surface area contributed by atoms with Crippen molar-refractivity contribution < 1.29 is 45.0 Å². The Morgan fingerprint density at radius 1 is 1.24 bits per heavy atom. The van der Waals surface area contributed by atoms with Gasteiger partial charge in [-0.15, -0.1) is 0 Å². The summed E-state index contributed by atoms with van der Waals surface area (Å²) in [6, 6.07) is 0. The highest BCUT2D eigenvalue weighted by Crippen LogP contribution is 2.50. The number of alkyl halides is 1. The molecule has 24 heteroatoms. The maximum absolute atomic E-state index is 16.1. The van der Waals surface area contributed by atoms with Crippen LogP contribution in [0.1, 0.15) is 18.9 Å². The molecule has 0 radical (unpaired) electrons. The van der Waals surface area contributed by atoms with Crippen molar-refractivity contribution in [1.82, 2.24) is 38.8 Å². The van der Waals surface area contributed by atoms with Gasteiger partial charge in [0, 0.05) is 13.0 Å². The first-order chi connectivity index (χ1) is 21.3. The van der Waals surface area contributed by atoms with E-state index in [2.05, 4.69) is 29.6 Å². The van der Waals surface area contributed by atoms with E-state index in [-0.39, 0.29) is 41.6 Å². The van der Waals surface area contributed by atoms with Gasteiger partial charge < -0.3 is 30.4 Å². The minimum absolute atomic E-state index is 0.0127. The van der Waals surface area contributed by atoms with E-state index in [4.69, 9.17) is 46.0 Å². The highest BCUT2D eigenvalue weighted by Gasteiger charge is 2.52. The van der Waals surface area contributed by atoms with E-state index < -0.39 is 72.2 Å². The SMILES string of the molecule is Cn1c[n+]([C@@H]2O[C@@H]3CNS(=O)(=O)O[C@@H]4C[C@@H](COP(O)(=S)O[C@H]3[C@H]2F)O[C@H]4n2cnc3c(=O)[nH]c(N)nc32)c2ncnc(N)c21. The van der Waals surface area contributed by atoms with Crippen LogP contribution in [0.15, 0.2) is 23.8 Å². The smallest absolute Gasteiger partial charge is 0.336 e. The molecule has 0 aliphatic carbocycles. The third kappa shape index (κ3) is 5.47. The van der Waals surface area contributed by atoms with E-state index in [1.165, 1.54) is 28.1 Å². The topological polar surface area (TPSA) is 263 Å². The summed E-state index contributed by atoms with van der Waals surface area (Å²) in [5.74, 6) is -0.0603. The molecule has 1 unspecified atom stereocenters. The number of fused-ring (bicyclic) bond motifs is 5. The number of nitrogens with one attached hydrogen (secondary N) is 2. The molecule has 4 aromatic rings. The highest BCUT2D eigenvalue weighted by molar-refractivity contribution is 8.07. The number of H-pyrrole nitrogens is 1. The number of imidazole rings is 2. The number of aromatic nitrogens is 8. The number of halogens is 1. The normalized spacial score (nSPS) is 33.9. The minimum atomic E-state index is -4.56. The maximum Gasteiger partial charge on any atom is 0.336 e. The van der Waals surface area contributed by atoms with E-state index in [9.17, 15) is 18.1 Å². The molecule has 0 aromatic carbocycles. The first-order valence-electron chi connectivity index (χ1n) is 13.3. The molecule has 3 saturated heterocycles. The van der Waals surface area contributed by atoms with E-state index in [0.717, 1.165) is 0 Å². The lowest BCUT2D eigenvalue weighted by Gasteiger charge is -2.26. The molecule has 3 fully saturated rings. The van der Waals surface area contributed by atoms with Crippen molar-refractivity contribution in [3.05, 3.63) is 29.3 Å². The zero-order chi connectivity index (χ0) is 31.8. The van der Waals surface area contributed by atoms with Gasteiger partial charge in [-0.1, -0.05) is 4.98 Å². The summed E-state index contributed by atoms with van der Waals surface area (Å²) in [5, 5.41) is 0. The number of ether oxygens (including phenoxy) is 2. The molecular formula is C21H26FN11O9PS2+. The zero-order valence-corrected chi connectivity index (χ0v) is 25.6. The number of nitrogens with zero attached hydrogens (tertiary/aromatic N) is 7. The second kappa shape index (κ2) is 10.9. The predicted octanol–water partition coefficient (Wildman–Crippen LogP) is -2.07. The molecule has 0 saturated carbocycles. The van der Waals surface area contributed by atoms with Gasteiger partial charge in [0.05, 0.1) is 26.1 Å². The fourth-order valence-electron chi connectivity index (χ4n) is 5.63. The average Bonchev–Trinajstić information content (AvgIpc) is 3.71. The van der Waals surface area contributed by atoms with Crippen LogP contribution < -0.4 is 26.3 Å². The number of anilines is 2. The molecule has 0 amide bonds. The molecule has 20 nitrogen and oxygen atoms in total. The van der Waals surface area contributed by atoms with Gasteiger partial charge in [-0.05, 0) is 11.8 Å². The van der Waals surface area contributed by atoms with Gasteiger partial charge in [0.25, 0.3) is 5.56 Å². The molecule has 45 heavy (non-hydrogen) atoms. The average molecular weight is 691 g/mol. The van der Waals surface area contributed by atoms with E-state index >= 15 is 4.39 Å². The number of hydrogen-bond acceptors (Lipinski definition) is 15. The Balaban J connectivity index is 1.20. The van der Waals surface area contributed by atoms with Crippen LogP contribution in [0.4, 0.5) is 16.2 Å². The molecule has 3 aliphatic rings. The largest absolute Gasteiger partial charge is 0.380 e. The summed E-state index contributed by atoms with van der Waals surface area (Å²) in [4.78, 5) is 41.8. The lowest BCUT2D eigenvalue weighted by Crippen LogP contribution is -2.44. The molecule has 0 spiro atoms. The van der Waals surface area contributed by atoms with Gasteiger partial charge in [0.2, 0.25) is 17.7 Å². The fourth-order valence-corrected chi connectivity index (χ4v) is 8.02. The van der Waals surface area contributed by atoms with Gasteiger partial charge in [-0.3, -0.25) is 23.4 Å². The quantitative estimate of drug-likeness (QED) is 0.112. The van der Waals surface area contributed by atoms with Gasteiger partial charge in [0.1, 0.15) is 18.3 Å². The summed E-state index contributed by atoms with van der Waals surface area (Å²) in [5.41, 5.74) is 11.6. The number of nitrogens with two attached hydrogens (primary N) is 2. The van der Waals surface area contributed by atoms with E-state index in [1.807, 2.05) is 0 Å². The predicted molar refractivity (Wildman–Crippen MR) is 152 cm³/mol. The second-order valence-electron chi connectivity index (χ2n) is 10.5. The third-order valence-electron chi connectivity index (χ3n) is 7.53. The lowest BCUT2D eigenvalue weighted by molar-refractivity contribution is -0.744. The molecule has 4 aromatic heterocycles. The van der Waals surface area contributed by atoms with Crippen molar-refractivity contribution in [1.29, 1.82) is 0 Å². The second-order valence-corrected chi connectivity index (χ2v) is 14.7. The summed E-state index contributed by atoms with van der Waals surface area (Å²) in [6.07, 6.45) is -5.71. The monoisotopic (exact) mass is 690 g/mol. The third-order valence-corrected chi connectivity index (χ3v) is 10.1. The van der Waals surface area contributed by atoms with Gasteiger partial charge in [0.15, 0.2) is 42.0 Å². The Labute approximate surface area is 256 Å². The van der Waals surface area contributed by atoms with Gasteiger partial charge >= 0.3 is 22.7 Å². The lowest BCUT2D eigenvalue weighted by atomic mass is 10.1. The van der Waals surface area contributed by atoms with Crippen molar-refractivity contribution in [3.8, 4) is 0 Å². The summed E-state index contributed by atoms with van der Waals surface area (Å²) < 4.78 is 77.5. The standard InChI is InChI=1S/C21H25FN11O9PS2/c1-31-7-33(17-13(31)15(23)25-5-26-17)20-11(22)14-10(40-20)3-28-45(36,37)42-9-2-8(4-38-43(35,44)41-14)39-19(9)32-6-27-12-16(32)29-21(24)30-18(12)34/h5-11,14,19-20,28H,2-4H2,1H3,(H5-,23,24,25,26,29,30,34,35,44)/p+1/t8-,9+,10+,11+,14+,19+,20+,43?/m0/s1. The maximum atomic E-state index is 16.1. The molecule has 7 rings (SSSR count). The van der Waals surface area contributed by atoms with Crippen LogP contribution in [-0.4, -0.2) is 91.1 Å². The molecular weight excluding hydrogens is 664 g/mol. The minimum Gasteiger partial charge on any atom is -0.380 e. The van der Waals surface area contributed by atoms with Crippen LogP contribution in [0, 0.1) is 0 Å². The van der Waals surface area contributed by atoms with Crippen molar-refractivity contribution in [2.45, 2.75) is 49.5 Å². The fraction of sp³-hybridized carbons (Fsp3) is 0.524. The Morgan fingerprint density at radius 3 is 2.84 bits per heavy atom. The Hall–Kier alpha value is -3.25. The number of rotatable bonds is 2. The Morgan fingerprint density at radius 2 is 2.04 bits per heavy atom. The summed E-state index contributed by atoms with van der Waals surface area (Å²) in [7, 11) is -2.91. The molecule has 3 aliphatic heterocycles. The van der Waals surface area contributed by atoms with Crippen LogP contribution in [0.2, 0.25) is 0 Å². The van der Waals surface area contributed by atoms with E-state index in [1.54, 1.807) is 11.6 Å². The molecule has 7 heterocycles. The van der Waals surface area contributed by atoms with Crippen molar-refractivity contribution >= 4 is 62.9 Å².